The summed E-state index contributed by atoms with van der Waals surface area (Å²) in [5.41, 5.74) is 0. The van der Waals surface area contributed by atoms with E-state index in [1.807, 2.05) is 0 Å². The van der Waals surface area contributed by atoms with Gasteiger partial charge in [0.1, 0.15) is 0 Å². The molecule has 0 aromatic heterocycles. The third-order valence-electron chi connectivity index (χ3n) is 2.28. The van der Waals surface area contributed by atoms with Gasteiger partial charge in [0.2, 0.25) is 0 Å². The van der Waals surface area contributed by atoms with E-state index in [2.05, 4.69) is 0 Å². The fourth-order valence-electron chi connectivity index (χ4n) is 1.49. The average Bonchev–Trinajstić information content (AvgIpc) is 2.21. The number of quaternary nitrogens is 1. The second-order valence-electron chi connectivity index (χ2n) is 3.62. The topological polar surface area (TPSA) is 86.7 Å². The molecular weight excluding hydrogens is 184 g/mol. The summed E-state index contributed by atoms with van der Waals surface area (Å²) < 4.78 is 0.335. The summed E-state index contributed by atoms with van der Waals surface area (Å²) in [7, 11) is 0. The van der Waals surface area contributed by atoms with Crippen molar-refractivity contribution in [2.75, 3.05) is 39.5 Å². The molecule has 0 aliphatic rings. The Labute approximate surface area is 85.3 Å². The number of nitrogens with zero attached hydrogens (tertiary/aromatic N) is 1. The summed E-state index contributed by atoms with van der Waals surface area (Å²) in [4.78, 5) is 0. The highest BCUT2D eigenvalue weighted by atomic mass is 16.3. The summed E-state index contributed by atoms with van der Waals surface area (Å²) in [6.07, 6.45) is 1.98. The largest absolute Gasteiger partial charge is 0.396 e. The molecule has 0 aliphatic carbocycles. The summed E-state index contributed by atoms with van der Waals surface area (Å²) >= 11 is 0. The Morgan fingerprint density at radius 3 is 1.21 bits per heavy atom. The number of rotatable bonds is 9. The van der Waals surface area contributed by atoms with E-state index in [4.69, 9.17) is 21.2 Å². The Hall–Kier alpha value is -0.200. The molecule has 0 aromatic carbocycles. The van der Waals surface area contributed by atoms with E-state index in [0.717, 1.165) is 0 Å². The van der Waals surface area contributed by atoms with Gasteiger partial charge in [0.15, 0.2) is 0 Å². The quantitative estimate of drug-likeness (QED) is 0.218. The predicted octanol–water partition coefficient (Wildman–Crippen LogP) is -1.18. The number of hydrogen-bond acceptors (Lipinski definition) is 4. The molecule has 0 aromatic rings. The molecule has 86 valence electrons. The summed E-state index contributed by atoms with van der Waals surface area (Å²) in [6.45, 7) is 2.48. The van der Waals surface area contributed by atoms with Crippen LogP contribution in [0.5, 0.6) is 0 Å². The first-order valence-electron chi connectivity index (χ1n) is 5.16. The van der Waals surface area contributed by atoms with E-state index in [9.17, 15) is 0 Å². The van der Waals surface area contributed by atoms with Gasteiger partial charge in [-0.05, 0) is 0 Å². The van der Waals surface area contributed by atoms with Crippen molar-refractivity contribution < 1.29 is 19.9 Å². The number of aliphatic hydroxyl groups is 3. The van der Waals surface area contributed by atoms with E-state index >= 15 is 0 Å². The van der Waals surface area contributed by atoms with Crippen LogP contribution >= 0.6 is 0 Å². The molecule has 0 rings (SSSR count). The number of aliphatic hydroxyl groups excluding tert-OH is 3. The zero-order valence-corrected chi connectivity index (χ0v) is 8.73. The van der Waals surface area contributed by atoms with Gasteiger partial charge in [0.25, 0.3) is 0 Å². The van der Waals surface area contributed by atoms with Gasteiger partial charge in [-0.3, -0.25) is 0 Å². The molecule has 0 fully saturated rings. The zero-order chi connectivity index (χ0) is 10.9. The first-order valence-corrected chi connectivity index (χ1v) is 5.16. The monoisotopic (exact) mass is 207 g/mol. The van der Waals surface area contributed by atoms with Crippen LogP contribution in [0.1, 0.15) is 19.3 Å². The lowest BCUT2D eigenvalue weighted by Gasteiger charge is -2.32. The van der Waals surface area contributed by atoms with Gasteiger partial charge in [0.05, 0.1) is 19.6 Å². The fourth-order valence-corrected chi connectivity index (χ4v) is 1.49. The first kappa shape index (κ1) is 13.8. The third-order valence-corrected chi connectivity index (χ3v) is 2.28. The van der Waals surface area contributed by atoms with Crippen molar-refractivity contribution in [3.05, 3.63) is 0 Å². The zero-order valence-electron chi connectivity index (χ0n) is 8.73. The SMILES string of the molecule is N[N+](CCCO)(CCCO)CCCO. The highest BCUT2D eigenvalue weighted by Gasteiger charge is 2.21. The molecule has 5 nitrogen and oxygen atoms in total. The van der Waals surface area contributed by atoms with Crippen LogP contribution in [0.3, 0.4) is 0 Å². The second kappa shape index (κ2) is 8.14. The van der Waals surface area contributed by atoms with Crippen molar-refractivity contribution >= 4 is 0 Å². The van der Waals surface area contributed by atoms with Gasteiger partial charge >= 0.3 is 0 Å². The molecule has 0 unspecified atom stereocenters. The molecule has 0 saturated heterocycles. The minimum atomic E-state index is 0.134. The lowest BCUT2D eigenvalue weighted by molar-refractivity contribution is -0.940. The Bertz CT molecular complexity index is 111. The Balaban J connectivity index is 3.89. The van der Waals surface area contributed by atoms with Crippen LogP contribution in [0, 0.1) is 0 Å². The van der Waals surface area contributed by atoms with Crippen LogP contribution in [-0.2, 0) is 0 Å². The molecule has 0 saturated carbocycles. The summed E-state index contributed by atoms with van der Waals surface area (Å²) in [6, 6.07) is 0. The van der Waals surface area contributed by atoms with Gasteiger partial charge in [-0.1, -0.05) is 0 Å². The average molecular weight is 207 g/mol. The number of hydrogen-bond donors (Lipinski definition) is 4. The standard InChI is InChI=1S/C9H23N2O3/c10-11(4-1-7-12,5-2-8-13)6-3-9-14/h12-14H,1-10H2/q+1. The van der Waals surface area contributed by atoms with Crippen molar-refractivity contribution in [2.45, 2.75) is 19.3 Å². The smallest absolute Gasteiger partial charge is 0.0982 e. The van der Waals surface area contributed by atoms with E-state index in [1.165, 1.54) is 0 Å². The van der Waals surface area contributed by atoms with Gasteiger partial charge < -0.3 is 15.3 Å². The molecule has 0 aliphatic heterocycles. The molecule has 5 N–H and O–H groups in total. The van der Waals surface area contributed by atoms with Crippen molar-refractivity contribution in [3.8, 4) is 0 Å². The van der Waals surface area contributed by atoms with E-state index in [0.29, 0.717) is 43.5 Å². The predicted molar refractivity (Wildman–Crippen MR) is 54.2 cm³/mol. The van der Waals surface area contributed by atoms with Crippen molar-refractivity contribution in [2.24, 2.45) is 5.84 Å². The molecule has 14 heavy (non-hydrogen) atoms. The van der Waals surface area contributed by atoms with Crippen LogP contribution < -0.4 is 5.84 Å². The minimum absolute atomic E-state index is 0.134. The Kier molecular flexibility index (Phi) is 8.02. The highest BCUT2D eigenvalue weighted by Crippen LogP contribution is 2.03. The highest BCUT2D eigenvalue weighted by molar-refractivity contribution is 4.42. The van der Waals surface area contributed by atoms with E-state index in [1.54, 1.807) is 0 Å². The van der Waals surface area contributed by atoms with Crippen LogP contribution in [0.4, 0.5) is 0 Å². The molecular formula is C9H23N2O3+. The third kappa shape index (κ3) is 6.28. The summed E-state index contributed by atoms with van der Waals surface area (Å²) in [5, 5.41) is 26.1. The number of nitrogens with two attached hydrogens (primary N) is 1. The molecule has 0 spiro atoms. The van der Waals surface area contributed by atoms with E-state index in [-0.39, 0.29) is 19.8 Å². The molecule has 0 atom stereocenters. The maximum absolute atomic E-state index is 8.72. The van der Waals surface area contributed by atoms with Crippen LogP contribution in [0.15, 0.2) is 0 Å². The molecule has 0 heterocycles. The second-order valence-corrected chi connectivity index (χ2v) is 3.62. The normalized spacial score (nSPS) is 12.0. The lowest BCUT2D eigenvalue weighted by Crippen LogP contribution is -2.56. The van der Waals surface area contributed by atoms with Gasteiger partial charge in [-0.15, -0.1) is 0 Å². The van der Waals surface area contributed by atoms with Crippen molar-refractivity contribution in [1.82, 2.24) is 0 Å². The van der Waals surface area contributed by atoms with Gasteiger partial charge in [0, 0.05) is 39.1 Å². The van der Waals surface area contributed by atoms with Crippen LogP contribution in [-0.4, -0.2) is 59.4 Å². The molecule has 0 radical (unpaired) electrons. The molecule has 5 heteroatoms. The van der Waals surface area contributed by atoms with Crippen molar-refractivity contribution in [1.29, 1.82) is 0 Å². The minimum Gasteiger partial charge on any atom is -0.396 e. The molecule has 0 amide bonds. The maximum Gasteiger partial charge on any atom is 0.0982 e. The maximum atomic E-state index is 8.72. The first-order chi connectivity index (χ1) is 6.68. The lowest BCUT2D eigenvalue weighted by atomic mass is 10.3. The Morgan fingerprint density at radius 1 is 0.714 bits per heavy atom. The van der Waals surface area contributed by atoms with Gasteiger partial charge in [-0.2, -0.15) is 5.84 Å². The summed E-state index contributed by atoms with van der Waals surface area (Å²) in [5.74, 6) is 6.06. The van der Waals surface area contributed by atoms with Gasteiger partial charge in [-0.25, -0.2) is 4.59 Å². The van der Waals surface area contributed by atoms with Crippen LogP contribution in [0.2, 0.25) is 0 Å². The fraction of sp³-hybridized carbons (Fsp3) is 1.00. The van der Waals surface area contributed by atoms with Crippen LogP contribution in [0.25, 0.3) is 0 Å². The van der Waals surface area contributed by atoms with Crippen molar-refractivity contribution in [3.63, 3.8) is 0 Å². The van der Waals surface area contributed by atoms with E-state index < -0.39 is 0 Å². The Morgan fingerprint density at radius 2 is 1.00 bits per heavy atom. The molecule has 0 bridgehead atoms.